The summed E-state index contributed by atoms with van der Waals surface area (Å²) in [5.74, 6) is -0.792. The molecule has 0 spiro atoms. The van der Waals surface area contributed by atoms with E-state index in [9.17, 15) is 15.0 Å². The zero-order valence-corrected chi connectivity index (χ0v) is 11.2. The van der Waals surface area contributed by atoms with Gasteiger partial charge in [-0.1, -0.05) is 5.43 Å². The van der Waals surface area contributed by atoms with Crippen molar-refractivity contribution in [2.24, 2.45) is 10.2 Å². The number of azo groups is 1. The van der Waals surface area contributed by atoms with Crippen LogP contribution in [0.1, 0.15) is 13.8 Å². The van der Waals surface area contributed by atoms with E-state index in [0.717, 1.165) is 13.8 Å². The van der Waals surface area contributed by atoms with Crippen molar-refractivity contribution in [1.82, 2.24) is 20.6 Å². The molecule has 0 saturated carbocycles. The van der Waals surface area contributed by atoms with Gasteiger partial charge in [0.1, 0.15) is 0 Å². The van der Waals surface area contributed by atoms with Crippen molar-refractivity contribution >= 4 is 23.3 Å². The lowest BCUT2D eigenvalue weighted by molar-refractivity contribution is -0.801. The van der Waals surface area contributed by atoms with Crippen LogP contribution in [-0.2, 0) is 0 Å². The number of nitrogen functional groups attached to an aromatic ring is 1. The highest BCUT2D eigenvalue weighted by atomic mass is 16.6. The van der Waals surface area contributed by atoms with Crippen LogP contribution in [0.4, 0.5) is 23.3 Å². The minimum absolute atomic E-state index is 0.0441. The monoisotopic (exact) mass is 313 g/mol. The smallest absolute Gasteiger partial charge is 0.378 e. The topological polar surface area (TPSA) is 204 Å². The molecule has 0 radical (unpaired) electrons. The third-order valence-corrected chi connectivity index (χ3v) is 2.36. The van der Waals surface area contributed by atoms with Gasteiger partial charge in [-0.05, 0) is 20.6 Å². The Bertz CT molecular complexity index is 732. The maximum Gasteiger partial charge on any atom is 0.472 e. The molecule has 2 rings (SSSR count). The number of nitrogens with zero attached hydrogens (tertiary/aromatic N) is 8. The molecule has 0 aliphatic rings. The first-order valence-corrected chi connectivity index (χ1v) is 5.53. The molecule has 0 unspecified atom stereocenters. The van der Waals surface area contributed by atoms with Crippen LogP contribution in [0.25, 0.3) is 0 Å². The molecule has 3 N–H and O–H groups in total. The molecule has 0 aromatic carbocycles. The molecule has 0 atom stereocenters. The van der Waals surface area contributed by atoms with Crippen LogP contribution in [0.3, 0.4) is 0 Å². The van der Waals surface area contributed by atoms with E-state index in [1.54, 1.807) is 0 Å². The third kappa shape index (κ3) is 2.81. The second-order valence-electron chi connectivity index (χ2n) is 4.27. The highest BCUT2D eigenvalue weighted by Crippen LogP contribution is 2.24. The van der Waals surface area contributed by atoms with Crippen LogP contribution in [0.2, 0.25) is 0 Å². The third-order valence-electron chi connectivity index (χ3n) is 2.36. The minimum atomic E-state index is -1.96. The fraction of sp³-hybridized carbons (Fsp3) is 0.429. The Labute approximate surface area is 120 Å². The fourth-order valence-electron chi connectivity index (χ4n) is 0.982. The van der Waals surface area contributed by atoms with E-state index in [1.807, 2.05) is 0 Å². The van der Waals surface area contributed by atoms with Gasteiger partial charge < -0.3 is 5.73 Å². The summed E-state index contributed by atoms with van der Waals surface area (Å²) in [4.78, 5) is 21.7. The quantitative estimate of drug-likeness (QED) is 0.248. The molecule has 0 bridgehead atoms. The molecule has 15 nitrogen and oxygen atoms in total. The van der Waals surface area contributed by atoms with Crippen molar-refractivity contribution in [3.05, 3.63) is 15.0 Å². The number of hydrogen-bond donors (Lipinski definition) is 2. The summed E-state index contributed by atoms with van der Waals surface area (Å²) >= 11 is 0. The average molecular weight is 313 g/mol. The second kappa shape index (κ2) is 5.46. The van der Waals surface area contributed by atoms with Crippen LogP contribution >= 0.6 is 0 Å². The number of rotatable bonds is 6. The normalized spacial score (nSPS) is 11.7. The number of anilines is 2. The largest absolute Gasteiger partial charge is 0.472 e. The maximum atomic E-state index is 11.7. The molecule has 116 valence electrons. The fourth-order valence-corrected chi connectivity index (χ4v) is 0.982. The molecule has 2 aromatic rings. The first-order valence-electron chi connectivity index (χ1n) is 5.53. The lowest BCUT2D eigenvalue weighted by atomic mass is 10.3. The first kappa shape index (κ1) is 14.9. The van der Waals surface area contributed by atoms with E-state index in [-0.39, 0.29) is 28.1 Å². The van der Waals surface area contributed by atoms with E-state index in [2.05, 4.69) is 45.5 Å². The van der Waals surface area contributed by atoms with Crippen LogP contribution in [0.15, 0.2) is 19.5 Å². The number of hydrogen-bond acceptors (Lipinski definition) is 12. The Morgan fingerprint density at radius 3 is 2.32 bits per heavy atom. The molecule has 22 heavy (non-hydrogen) atoms. The van der Waals surface area contributed by atoms with Gasteiger partial charge in [0.15, 0.2) is 4.87 Å². The average Bonchev–Trinajstić information content (AvgIpc) is 3.05. The van der Waals surface area contributed by atoms with Crippen molar-refractivity contribution in [3.63, 3.8) is 0 Å². The molecule has 0 amide bonds. The minimum Gasteiger partial charge on any atom is -0.378 e. The van der Waals surface area contributed by atoms with Gasteiger partial charge in [0.2, 0.25) is 5.82 Å². The van der Waals surface area contributed by atoms with Crippen molar-refractivity contribution in [3.8, 4) is 0 Å². The Balaban J connectivity index is 2.17. The standard InChI is InChI=1S/C7H9N10O5/c1-7(2,17(19)20)16(18)11-6-5(14-22-15-6)10-9-4-3(8)12-21-13-4/h1-2H3,(H2,8,12)(H,11,15,18)/q+1. The van der Waals surface area contributed by atoms with Crippen LogP contribution < -0.4 is 11.2 Å². The SMILES string of the molecule is CC(C)([N+](=O)[O-])[N+](=O)Nc1nonc1N=Nc1nonc1N. The molecule has 2 aromatic heterocycles. The van der Waals surface area contributed by atoms with Crippen molar-refractivity contribution in [2.45, 2.75) is 19.5 Å². The summed E-state index contributed by atoms with van der Waals surface area (Å²) < 4.78 is 8.67. The summed E-state index contributed by atoms with van der Waals surface area (Å²) in [6.45, 7) is 2.17. The Kier molecular flexibility index (Phi) is 3.69. The highest BCUT2D eigenvalue weighted by molar-refractivity contribution is 5.53. The lowest BCUT2D eigenvalue weighted by Gasteiger charge is -2.05. The summed E-state index contributed by atoms with van der Waals surface area (Å²) in [5.41, 5.74) is 5.48. The van der Waals surface area contributed by atoms with Crippen LogP contribution in [-0.4, -0.2) is 36.1 Å². The lowest BCUT2D eigenvalue weighted by Crippen LogP contribution is -2.45. The highest BCUT2D eigenvalue weighted by Gasteiger charge is 2.49. The molecular formula is C7H9N10O5+. The van der Waals surface area contributed by atoms with Crippen molar-refractivity contribution in [1.29, 1.82) is 0 Å². The number of nitroso groups, excluding NO2 is 1. The first-order chi connectivity index (χ1) is 10.3. The molecule has 0 fully saturated rings. The number of nitrogens with one attached hydrogen (secondary N) is 1. The number of nitrogens with two attached hydrogens (primary N) is 1. The van der Waals surface area contributed by atoms with Gasteiger partial charge in [0, 0.05) is 0 Å². The maximum absolute atomic E-state index is 11.7. The number of hydrazine groups is 1. The molecule has 0 aliphatic heterocycles. The van der Waals surface area contributed by atoms with Crippen LogP contribution in [0.5, 0.6) is 0 Å². The van der Waals surface area contributed by atoms with Gasteiger partial charge in [-0.2, -0.15) is 0 Å². The summed E-state index contributed by atoms with van der Waals surface area (Å²) in [5, 5.41) is 31.2. The second-order valence-corrected chi connectivity index (χ2v) is 4.27. The molecular weight excluding hydrogens is 304 g/mol. The van der Waals surface area contributed by atoms with E-state index in [1.165, 1.54) is 0 Å². The Morgan fingerprint density at radius 2 is 1.73 bits per heavy atom. The summed E-state index contributed by atoms with van der Waals surface area (Å²) in [6.07, 6.45) is 0. The zero-order valence-electron chi connectivity index (χ0n) is 11.2. The van der Waals surface area contributed by atoms with Gasteiger partial charge in [0.05, 0.1) is 23.7 Å². The molecule has 2 heterocycles. The van der Waals surface area contributed by atoms with Crippen LogP contribution in [0, 0.1) is 15.0 Å². The van der Waals surface area contributed by atoms with Gasteiger partial charge in [-0.3, -0.25) is 10.1 Å². The van der Waals surface area contributed by atoms with Gasteiger partial charge in [-0.15, -0.1) is 10.2 Å². The summed E-state index contributed by atoms with van der Waals surface area (Å²) in [7, 11) is 0. The van der Waals surface area contributed by atoms with Gasteiger partial charge in [0.25, 0.3) is 17.5 Å². The van der Waals surface area contributed by atoms with E-state index in [0.29, 0.717) is 0 Å². The molecule has 15 heteroatoms. The van der Waals surface area contributed by atoms with Crippen molar-refractivity contribution < 1.29 is 19.1 Å². The van der Waals surface area contributed by atoms with E-state index >= 15 is 0 Å². The zero-order chi connectivity index (χ0) is 16.3. The number of nitro groups is 1. The molecule has 0 aliphatic carbocycles. The Morgan fingerprint density at radius 1 is 1.14 bits per heavy atom. The Hall–Kier alpha value is -3.52. The van der Waals surface area contributed by atoms with E-state index in [4.69, 9.17) is 5.73 Å². The van der Waals surface area contributed by atoms with E-state index < -0.39 is 10.6 Å². The molecule has 0 saturated heterocycles. The predicted octanol–water partition coefficient (Wildman–Crippen LogP) is 0.569. The van der Waals surface area contributed by atoms with Gasteiger partial charge >= 0.3 is 5.66 Å². The summed E-state index contributed by atoms with van der Waals surface area (Å²) in [6, 6.07) is 0. The number of aromatic nitrogens is 4. The van der Waals surface area contributed by atoms with Gasteiger partial charge in [-0.25, -0.2) is 9.26 Å². The predicted molar refractivity (Wildman–Crippen MR) is 65.5 cm³/mol. The van der Waals surface area contributed by atoms with Crippen molar-refractivity contribution in [2.75, 3.05) is 11.2 Å².